The van der Waals surface area contributed by atoms with Crippen molar-refractivity contribution in [2.75, 3.05) is 19.6 Å². The van der Waals surface area contributed by atoms with Crippen LogP contribution in [-0.2, 0) is 4.74 Å². The Bertz CT molecular complexity index is 395. The summed E-state index contributed by atoms with van der Waals surface area (Å²) in [5.41, 5.74) is -0.421. The molecule has 1 N–H and O–H groups in total. The van der Waals surface area contributed by atoms with Crippen LogP contribution >= 0.6 is 0 Å². The Morgan fingerprint density at radius 2 is 2.00 bits per heavy atom. The van der Waals surface area contributed by atoms with E-state index in [4.69, 9.17) is 4.74 Å². The molecule has 0 aromatic heterocycles. The summed E-state index contributed by atoms with van der Waals surface area (Å²) in [6.07, 6.45) is 2.89. The summed E-state index contributed by atoms with van der Waals surface area (Å²) >= 11 is 0. The number of nitrogens with zero attached hydrogens (tertiary/aromatic N) is 2. The van der Waals surface area contributed by atoms with Gasteiger partial charge in [-0.25, -0.2) is 4.79 Å². The van der Waals surface area contributed by atoms with E-state index in [0.717, 1.165) is 44.7 Å². The van der Waals surface area contributed by atoms with Gasteiger partial charge >= 0.3 is 6.09 Å². The van der Waals surface area contributed by atoms with Gasteiger partial charge in [-0.1, -0.05) is 13.5 Å². The predicted molar refractivity (Wildman–Crippen MR) is 83.9 cm³/mol. The molecule has 0 saturated carbocycles. The summed E-state index contributed by atoms with van der Waals surface area (Å²) in [6.45, 7) is 14.6. The molecule has 2 aliphatic rings. The van der Waals surface area contributed by atoms with Gasteiger partial charge in [-0.2, -0.15) is 0 Å². The number of hydrogen-bond donors (Lipinski definition) is 1. The first kappa shape index (κ1) is 16.0. The van der Waals surface area contributed by atoms with Crippen LogP contribution in [0.2, 0.25) is 0 Å². The highest BCUT2D eigenvalue weighted by atomic mass is 16.6. The fourth-order valence-electron chi connectivity index (χ4n) is 3.00. The van der Waals surface area contributed by atoms with Crippen molar-refractivity contribution in [1.29, 1.82) is 0 Å². The van der Waals surface area contributed by atoms with Crippen molar-refractivity contribution in [2.45, 2.75) is 64.6 Å². The highest BCUT2D eigenvalue weighted by Gasteiger charge is 2.33. The molecule has 1 atom stereocenters. The van der Waals surface area contributed by atoms with Crippen LogP contribution in [0.5, 0.6) is 0 Å². The van der Waals surface area contributed by atoms with E-state index in [0.29, 0.717) is 12.1 Å². The van der Waals surface area contributed by atoms with E-state index in [1.807, 2.05) is 25.7 Å². The maximum absolute atomic E-state index is 12.1. The number of likely N-dealkylation sites (tertiary alicyclic amines) is 1. The van der Waals surface area contributed by atoms with Crippen LogP contribution in [0.3, 0.4) is 0 Å². The van der Waals surface area contributed by atoms with Gasteiger partial charge in [0.1, 0.15) is 5.60 Å². The Hall–Kier alpha value is -1.39. The molecule has 1 amide bonds. The Labute approximate surface area is 128 Å². The molecular weight excluding hydrogens is 266 g/mol. The quantitative estimate of drug-likeness (QED) is 0.850. The second-order valence-electron chi connectivity index (χ2n) is 7.05. The van der Waals surface area contributed by atoms with E-state index in [9.17, 15) is 4.79 Å². The zero-order chi connectivity index (χ0) is 15.6. The first-order chi connectivity index (χ1) is 9.80. The van der Waals surface area contributed by atoms with Crippen molar-refractivity contribution in [3.8, 4) is 0 Å². The molecule has 5 heteroatoms. The second-order valence-corrected chi connectivity index (χ2v) is 7.05. The Balaban J connectivity index is 1.83. The molecule has 0 aliphatic carbocycles. The van der Waals surface area contributed by atoms with Gasteiger partial charge in [0.2, 0.25) is 0 Å². The number of hydrogen-bond acceptors (Lipinski definition) is 4. The fraction of sp³-hybridized carbons (Fsp3) is 0.812. The Morgan fingerprint density at radius 1 is 1.38 bits per heavy atom. The van der Waals surface area contributed by atoms with Crippen LogP contribution in [-0.4, -0.2) is 53.2 Å². The van der Waals surface area contributed by atoms with Crippen LogP contribution in [0.15, 0.2) is 12.4 Å². The van der Waals surface area contributed by atoms with Crippen LogP contribution in [0.1, 0.15) is 47.0 Å². The monoisotopic (exact) mass is 295 g/mol. The standard InChI is InChI=1S/C16H29N3O2/c1-6-13-11-19(12(2)17-13)14-7-9-18(10-8-14)15(20)21-16(3,4)5/h13-14,17H,2,6-11H2,1,3-5H3. The molecule has 2 saturated heterocycles. The van der Waals surface area contributed by atoms with Crippen molar-refractivity contribution >= 4 is 6.09 Å². The van der Waals surface area contributed by atoms with Crippen molar-refractivity contribution in [3.63, 3.8) is 0 Å². The van der Waals surface area contributed by atoms with Gasteiger partial charge in [-0.05, 0) is 40.0 Å². The summed E-state index contributed by atoms with van der Waals surface area (Å²) in [4.78, 5) is 16.3. The smallest absolute Gasteiger partial charge is 0.410 e. The van der Waals surface area contributed by atoms with Crippen LogP contribution < -0.4 is 5.32 Å². The molecule has 0 radical (unpaired) electrons. The highest BCUT2D eigenvalue weighted by Crippen LogP contribution is 2.24. The number of nitrogens with one attached hydrogen (secondary N) is 1. The Morgan fingerprint density at radius 3 is 2.48 bits per heavy atom. The lowest BCUT2D eigenvalue weighted by atomic mass is 10.0. The van der Waals surface area contributed by atoms with Gasteiger partial charge in [-0.15, -0.1) is 0 Å². The second kappa shape index (κ2) is 6.16. The first-order valence-electron chi connectivity index (χ1n) is 8.00. The van der Waals surface area contributed by atoms with Gasteiger partial charge < -0.3 is 19.9 Å². The topological polar surface area (TPSA) is 44.8 Å². The molecule has 2 fully saturated rings. The lowest BCUT2D eigenvalue weighted by Crippen LogP contribution is -2.47. The molecule has 0 bridgehead atoms. The third-order valence-electron chi connectivity index (χ3n) is 4.18. The van der Waals surface area contributed by atoms with Gasteiger partial charge in [0, 0.05) is 31.7 Å². The predicted octanol–water partition coefficient (Wildman–Crippen LogP) is 2.54. The SMILES string of the molecule is C=C1NC(CC)CN1C1CCN(C(=O)OC(C)(C)C)CC1. The van der Waals surface area contributed by atoms with Crippen LogP contribution in [0, 0.1) is 0 Å². The molecule has 2 heterocycles. The third kappa shape index (κ3) is 4.05. The molecule has 5 nitrogen and oxygen atoms in total. The summed E-state index contributed by atoms with van der Waals surface area (Å²) in [7, 11) is 0. The van der Waals surface area contributed by atoms with Crippen LogP contribution in [0.25, 0.3) is 0 Å². The first-order valence-corrected chi connectivity index (χ1v) is 8.00. The number of rotatable bonds is 2. The minimum Gasteiger partial charge on any atom is -0.444 e. The maximum atomic E-state index is 12.1. The number of piperidine rings is 1. The van der Waals surface area contributed by atoms with Gasteiger partial charge in [0.05, 0.1) is 5.82 Å². The molecule has 21 heavy (non-hydrogen) atoms. The number of carbonyl (C=O) groups excluding carboxylic acids is 1. The van der Waals surface area contributed by atoms with E-state index < -0.39 is 5.60 Å². The molecule has 0 aromatic carbocycles. The minimum atomic E-state index is -0.421. The normalized spacial score (nSPS) is 24.2. The van der Waals surface area contributed by atoms with Gasteiger partial charge in [0.15, 0.2) is 0 Å². The van der Waals surface area contributed by atoms with Crippen LogP contribution in [0.4, 0.5) is 4.79 Å². The lowest BCUT2D eigenvalue weighted by Gasteiger charge is -2.38. The van der Waals surface area contributed by atoms with E-state index in [1.54, 1.807) is 0 Å². The van der Waals surface area contributed by atoms with Gasteiger partial charge in [0.25, 0.3) is 0 Å². The molecule has 2 aliphatic heterocycles. The number of ether oxygens (including phenoxy) is 1. The third-order valence-corrected chi connectivity index (χ3v) is 4.18. The molecule has 0 spiro atoms. The average molecular weight is 295 g/mol. The van der Waals surface area contributed by atoms with Crippen molar-refractivity contribution in [1.82, 2.24) is 15.1 Å². The lowest BCUT2D eigenvalue weighted by molar-refractivity contribution is 0.0166. The van der Waals surface area contributed by atoms with E-state index >= 15 is 0 Å². The molecule has 120 valence electrons. The Kier molecular flexibility index (Phi) is 4.69. The van der Waals surface area contributed by atoms with Gasteiger partial charge in [-0.3, -0.25) is 0 Å². The largest absolute Gasteiger partial charge is 0.444 e. The number of carbonyl (C=O) groups is 1. The summed E-state index contributed by atoms with van der Waals surface area (Å²) in [5.74, 6) is 1.04. The molecule has 1 unspecified atom stereocenters. The highest BCUT2D eigenvalue weighted by molar-refractivity contribution is 5.68. The zero-order valence-corrected chi connectivity index (χ0v) is 13.8. The van der Waals surface area contributed by atoms with Crippen molar-refractivity contribution in [3.05, 3.63) is 12.4 Å². The minimum absolute atomic E-state index is 0.189. The van der Waals surface area contributed by atoms with E-state index in [2.05, 4.69) is 23.7 Å². The summed E-state index contributed by atoms with van der Waals surface area (Å²) < 4.78 is 5.44. The van der Waals surface area contributed by atoms with Crippen molar-refractivity contribution < 1.29 is 9.53 Å². The maximum Gasteiger partial charge on any atom is 0.410 e. The van der Waals surface area contributed by atoms with E-state index in [-0.39, 0.29) is 6.09 Å². The average Bonchev–Trinajstić information content (AvgIpc) is 2.78. The molecule has 2 rings (SSSR count). The zero-order valence-electron chi connectivity index (χ0n) is 13.8. The van der Waals surface area contributed by atoms with E-state index in [1.165, 1.54) is 0 Å². The van der Waals surface area contributed by atoms with Crippen molar-refractivity contribution in [2.24, 2.45) is 0 Å². The molecular formula is C16H29N3O2. The fourth-order valence-corrected chi connectivity index (χ4v) is 3.00. The summed E-state index contributed by atoms with van der Waals surface area (Å²) in [5, 5.41) is 3.44. The number of amides is 1. The molecule has 0 aromatic rings. The summed E-state index contributed by atoms with van der Waals surface area (Å²) in [6, 6.07) is 1.00.